The number of rotatable bonds is 5. The highest BCUT2D eigenvalue weighted by molar-refractivity contribution is 6.30. The van der Waals surface area contributed by atoms with Gasteiger partial charge >= 0.3 is 0 Å². The third-order valence-electron chi connectivity index (χ3n) is 2.48. The highest BCUT2D eigenvalue weighted by atomic mass is 35.5. The van der Waals surface area contributed by atoms with Crippen molar-refractivity contribution in [3.63, 3.8) is 0 Å². The summed E-state index contributed by atoms with van der Waals surface area (Å²) in [7, 11) is 0. The topological polar surface area (TPSA) is 65.4 Å². The summed E-state index contributed by atoms with van der Waals surface area (Å²) in [5, 5.41) is 8.91. The van der Waals surface area contributed by atoms with Gasteiger partial charge in [0.1, 0.15) is 6.61 Å². The van der Waals surface area contributed by atoms with Crippen LogP contribution in [0.3, 0.4) is 0 Å². The lowest BCUT2D eigenvalue weighted by atomic mass is 10.2. The number of oxime groups is 1. The summed E-state index contributed by atoms with van der Waals surface area (Å²) >= 11 is 5.95. The molecular formula is C13H15ClN4O. The first kappa shape index (κ1) is 13.6. The van der Waals surface area contributed by atoms with Crippen LogP contribution >= 0.6 is 11.6 Å². The normalized spacial score (nSPS) is 11.6. The van der Waals surface area contributed by atoms with Crippen molar-refractivity contribution in [2.24, 2.45) is 10.9 Å². The van der Waals surface area contributed by atoms with Crippen molar-refractivity contribution in [1.29, 1.82) is 0 Å². The number of halogens is 1. The summed E-state index contributed by atoms with van der Waals surface area (Å²) < 4.78 is 1.74. The maximum Gasteiger partial charge on any atom is 0.129 e. The maximum atomic E-state index is 5.95. The van der Waals surface area contributed by atoms with Gasteiger partial charge in [0.2, 0.25) is 0 Å². The Balaban J connectivity index is 2.17. The van der Waals surface area contributed by atoms with Crippen molar-refractivity contribution in [3.05, 3.63) is 47.2 Å². The highest BCUT2D eigenvalue weighted by Crippen LogP contribution is 2.14. The van der Waals surface area contributed by atoms with E-state index < -0.39 is 0 Å². The van der Waals surface area contributed by atoms with E-state index in [0.717, 1.165) is 17.0 Å². The first-order chi connectivity index (χ1) is 9.20. The van der Waals surface area contributed by atoms with Gasteiger partial charge in [0.05, 0.1) is 17.6 Å². The summed E-state index contributed by atoms with van der Waals surface area (Å²) in [6.45, 7) is 2.70. The monoisotopic (exact) mass is 278 g/mol. The van der Waals surface area contributed by atoms with Gasteiger partial charge < -0.3 is 10.6 Å². The number of benzene rings is 1. The molecule has 0 bridgehead atoms. The molecule has 0 spiro atoms. The first-order valence-electron chi connectivity index (χ1n) is 5.88. The van der Waals surface area contributed by atoms with Gasteiger partial charge in [-0.1, -0.05) is 22.8 Å². The molecule has 0 saturated carbocycles. The van der Waals surface area contributed by atoms with Crippen molar-refractivity contribution in [3.8, 4) is 5.69 Å². The minimum Gasteiger partial charge on any atom is -0.394 e. The van der Waals surface area contributed by atoms with Crippen LogP contribution in [0, 0.1) is 0 Å². The fourth-order valence-corrected chi connectivity index (χ4v) is 1.70. The average molecular weight is 279 g/mol. The quantitative estimate of drug-likeness (QED) is 0.518. The molecule has 1 aromatic heterocycles. The molecule has 2 aromatic rings. The van der Waals surface area contributed by atoms with E-state index in [1.165, 1.54) is 0 Å². The Morgan fingerprint density at radius 2 is 2.37 bits per heavy atom. The second-order valence-corrected chi connectivity index (χ2v) is 4.39. The fraction of sp³-hybridized carbons (Fsp3) is 0.231. The number of nitrogens with zero attached hydrogens (tertiary/aromatic N) is 3. The third-order valence-corrected chi connectivity index (χ3v) is 2.72. The molecule has 0 atom stereocenters. The molecule has 0 radical (unpaired) electrons. The van der Waals surface area contributed by atoms with E-state index in [-0.39, 0.29) is 0 Å². The first-order valence-corrected chi connectivity index (χ1v) is 6.26. The lowest BCUT2D eigenvalue weighted by Gasteiger charge is -2.01. The molecule has 0 aliphatic carbocycles. The van der Waals surface area contributed by atoms with Crippen LogP contribution in [0.1, 0.15) is 12.5 Å². The van der Waals surface area contributed by atoms with Crippen molar-refractivity contribution in [2.45, 2.75) is 6.92 Å². The molecule has 1 heterocycles. The molecule has 0 fully saturated rings. The van der Waals surface area contributed by atoms with Crippen molar-refractivity contribution < 1.29 is 4.84 Å². The second kappa shape index (κ2) is 6.36. The van der Waals surface area contributed by atoms with Crippen LogP contribution in [0.5, 0.6) is 0 Å². The van der Waals surface area contributed by atoms with E-state index in [9.17, 15) is 0 Å². The third kappa shape index (κ3) is 3.56. The minimum atomic E-state index is 0.403. The van der Waals surface area contributed by atoms with Crippen LogP contribution < -0.4 is 5.73 Å². The summed E-state index contributed by atoms with van der Waals surface area (Å²) in [5.41, 5.74) is 7.86. The molecule has 19 heavy (non-hydrogen) atoms. The summed E-state index contributed by atoms with van der Waals surface area (Å²) in [4.78, 5) is 5.04. The molecular weight excluding hydrogens is 264 g/mol. The molecule has 0 saturated heterocycles. The maximum absolute atomic E-state index is 5.95. The molecule has 2 N–H and O–H groups in total. The van der Waals surface area contributed by atoms with Crippen LogP contribution in [0.25, 0.3) is 5.69 Å². The van der Waals surface area contributed by atoms with E-state index in [4.69, 9.17) is 22.2 Å². The Morgan fingerprint density at radius 1 is 1.53 bits per heavy atom. The number of aromatic nitrogens is 2. The van der Waals surface area contributed by atoms with E-state index >= 15 is 0 Å². The van der Waals surface area contributed by atoms with Crippen LogP contribution in [-0.4, -0.2) is 28.6 Å². The predicted molar refractivity (Wildman–Crippen MR) is 75.8 cm³/mol. The smallest absolute Gasteiger partial charge is 0.129 e. The van der Waals surface area contributed by atoms with Gasteiger partial charge in [0.25, 0.3) is 0 Å². The van der Waals surface area contributed by atoms with Gasteiger partial charge in [-0.25, -0.2) is 4.68 Å². The molecule has 0 amide bonds. The zero-order chi connectivity index (χ0) is 13.7. The zero-order valence-corrected chi connectivity index (χ0v) is 11.3. The average Bonchev–Trinajstić information content (AvgIpc) is 2.88. The minimum absolute atomic E-state index is 0.403. The summed E-state index contributed by atoms with van der Waals surface area (Å²) in [6.07, 6.45) is 3.60. The van der Waals surface area contributed by atoms with Gasteiger partial charge in [0, 0.05) is 23.3 Å². The number of hydrogen-bond donors (Lipinski definition) is 1. The zero-order valence-electron chi connectivity index (χ0n) is 10.6. The molecule has 2 rings (SSSR count). The SMILES string of the molecule is C/C(=N\OCCN)c1cnn(-c2cccc(Cl)c2)c1. The molecule has 0 unspecified atom stereocenters. The lowest BCUT2D eigenvalue weighted by molar-refractivity contribution is 0.152. The van der Waals surface area contributed by atoms with Crippen molar-refractivity contribution in [1.82, 2.24) is 9.78 Å². The van der Waals surface area contributed by atoms with Gasteiger partial charge in [-0.3, -0.25) is 0 Å². The Kier molecular flexibility index (Phi) is 4.54. The van der Waals surface area contributed by atoms with Crippen LogP contribution in [-0.2, 0) is 4.84 Å². The number of nitrogens with two attached hydrogens (primary N) is 1. The summed E-state index contributed by atoms with van der Waals surface area (Å²) in [6, 6.07) is 7.48. The second-order valence-electron chi connectivity index (χ2n) is 3.95. The van der Waals surface area contributed by atoms with Gasteiger partial charge in [0.15, 0.2) is 0 Å². The largest absolute Gasteiger partial charge is 0.394 e. The molecule has 100 valence electrons. The van der Waals surface area contributed by atoms with E-state index in [2.05, 4.69) is 10.3 Å². The Hall–Kier alpha value is -1.85. The van der Waals surface area contributed by atoms with Crippen molar-refractivity contribution in [2.75, 3.05) is 13.2 Å². The van der Waals surface area contributed by atoms with Crippen LogP contribution in [0.15, 0.2) is 41.8 Å². The molecule has 6 heteroatoms. The molecule has 0 aliphatic rings. The van der Waals surface area contributed by atoms with Crippen molar-refractivity contribution >= 4 is 17.3 Å². The van der Waals surface area contributed by atoms with Crippen LogP contribution in [0.2, 0.25) is 5.02 Å². The Labute approximate surface area is 116 Å². The van der Waals surface area contributed by atoms with Crippen LogP contribution in [0.4, 0.5) is 0 Å². The fourth-order valence-electron chi connectivity index (χ4n) is 1.52. The van der Waals surface area contributed by atoms with E-state index in [1.54, 1.807) is 10.9 Å². The molecule has 0 aliphatic heterocycles. The van der Waals surface area contributed by atoms with Gasteiger partial charge in [-0.2, -0.15) is 5.10 Å². The lowest BCUT2D eigenvalue weighted by Crippen LogP contribution is -2.06. The predicted octanol–water partition coefficient (Wildman–Crippen LogP) is 2.22. The van der Waals surface area contributed by atoms with E-state index in [1.807, 2.05) is 37.4 Å². The summed E-state index contributed by atoms with van der Waals surface area (Å²) in [5.74, 6) is 0. The van der Waals surface area contributed by atoms with E-state index in [0.29, 0.717) is 18.2 Å². The number of hydrogen-bond acceptors (Lipinski definition) is 4. The standard InChI is InChI=1S/C13H15ClN4O/c1-10(17-19-6-5-15)11-8-16-18(9-11)13-4-2-3-12(14)7-13/h2-4,7-9H,5-6,15H2,1H3/b17-10+. The highest BCUT2D eigenvalue weighted by Gasteiger charge is 2.04. The van der Waals surface area contributed by atoms with Gasteiger partial charge in [-0.05, 0) is 25.1 Å². The molecule has 5 nitrogen and oxygen atoms in total. The Bertz CT molecular complexity index is 580. The Morgan fingerprint density at radius 3 is 3.11 bits per heavy atom. The van der Waals surface area contributed by atoms with Gasteiger partial charge in [-0.15, -0.1) is 0 Å². The molecule has 1 aromatic carbocycles.